The van der Waals surface area contributed by atoms with Crippen molar-refractivity contribution in [3.63, 3.8) is 0 Å². The molecule has 0 saturated heterocycles. The third-order valence-electron chi connectivity index (χ3n) is 3.63. The Bertz CT molecular complexity index is 616. The normalized spacial score (nSPS) is 15.3. The van der Waals surface area contributed by atoms with Gasteiger partial charge in [-0.25, -0.2) is 4.98 Å². The number of nitrogens with zero attached hydrogens (tertiary/aromatic N) is 3. The van der Waals surface area contributed by atoms with Crippen LogP contribution in [-0.4, -0.2) is 32.1 Å². The molecule has 1 amide bonds. The zero-order valence-corrected chi connectivity index (χ0v) is 13.4. The predicted octanol–water partition coefficient (Wildman–Crippen LogP) is 3.15. The number of thioether (sulfide) groups is 1. The molecular formula is C17H19N3OS. The number of carbonyl (C=O) groups excluding carboxylic acids is 1. The molecule has 1 saturated carbocycles. The van der Waals surface area contributed by atoms with Crippen LogP contribution in [0.3, 0.4) is 0 Å². The monoisotopic (exact) mass is 313 g/mol. The van der Waals surface area contributed by atoms with E-state index in [1.807, 2.05) is 48.4 Å². The maximum Gasteiger partial charge on any atom is 0.236 e. The summed E-state index contributed by atoms with van der Waals surface area (Å²) in [7, 11) is 0. The Kier molecular flexibility index (Phi) is 4.73. The van der Waals surface area contributed by atoms with Crippen LogP contribution >= 0.6 is 11.8 Å². The van der Waals surface area contributed by atoms with Gasteiger partial charge >= 0.3 is 0 Å². The molecule has 2 aromatic rings. The molecule has 2 aromatic heterocycles. The van der Waals surface area contributed by atoms with Crippen LogP contribution in [0.15, 0.2) is 53.9 Å². The average Bonchev–Trinajstić information content (AvgIpc) is 3.39. The Morgan fingerprint density at radius 2 is 2.18 bits per heavy atom. The molecule has 2 heterocycles. The van der Waals surface area contributed by atoms with Crippen LogP contribution in [0.25, 0.3) is 0 Å². The maximum absolute atomic E-state index is 12.8. The van der Waals surface area contributed by atoms with Gasteiger partial charge in [-0.1, -0.05) is 23.9 Å². The van der Waals surface area contributed by atoms with E-state index in [2.05, 4.69) is 9.97 Å². The largest absolute Gasteiger partial charge is 0.334 e. The van der Waals surface area contributed by atoms with Crippen LogP contribution in [-0.2, 0) is 11.3 Å². The molecular weight excluding hydrogens is 294 g/mol. The first-order chi connectivity index (χ1) is 10.7. The van der Waals surface area contributed by atoms with Crippen molar-refractivity contribution in [3.05, 3.63) is 54.5 Å². The lowest BCUT2D eigenvalue weighted by Crippen LogP contribution is -2.37. The van der Waals surface area contributed by atoms with Crippen molar-refractivity contribution in [2.45, 2.75) is 42.6 Å². The van der Waals surface area contributed by atoms with Gasteiger partial charge in [0.05, 0.1) is 10.3 Å². The Labute approximate surface area is 135 Å². The zero-order valence-electron chi connectivity index (χ0n) is 12.6. The molecule has 0 radical (unpaired) electrons. The lowest BCUT2D eigenvalue weighted by molar-refractivity contribution is -0.131. The summed E-state index contributed by atoms with van der Waals surface area (Å²) in [5.41, 5.74) is 1.08. The van der Waals surface area contributed by atoms with Crippen LogP contribution < -0.4 is 0 Å². The van der Waals surface area contributed by atoms with E-state index in [-0.39, 0.29) is 11.2 Å². The van der Waals surface area contributed by atoms with Crippen LogP contribution in [0.1, 0.15) is 25.3 Å². The van der Waals surface area contributed by atoms with E-state index >= 15 is 0 Å². The van der Waals surface area contributed by atoms with Crippen molar-refractivity contribution in [1.29, 1.82) is 0 Å². The minimum Gasteiger partial charge on any atom is -0.334 e. The number of carbonyl (C=O) groups is 1. The smallest absolute Gasteiger partial charge is 0.236 e. The van der Waals surface area contributed by atoms with E-state index < -0.39 is 0 Å². The Morgan fingerprint density at radius 3 is 2.82 bits per heavy atom. The fourth-order valence-electron chi connectivity index (χ4n) is 2.34. The second-order valence-electron chi connectivity index (χ2n) is 5.49. The summed E-state index contributed by atoms with van der Waals surface area (Å²) in [6.07, 6.45) is 7.55. The summed E-state index contributed by atoms with van der Waals surface area (Å²) >= 11 is 1.52. The molecule has 1 unspecified atom stereocenters. The molecule has 1 atom stereocenters. The molecule has 0 bridgehead atoms. The summed E-state index contributed by atoms with van der Waals surface area (Å²) in [6, 6.07) is 10.1. The van der Waals surface area contributed by atoms with E-state index in [9.17, 15) is 4.79 Å². The van der Waals surface area contributed by atoms with E-state index in [1.165, 1.54) is 11.8 Å². The van der Waals surface area contributed by atoms with Crippen LogP contribution in [0.4, 0.5) is 0 Å². The van der Waals surface area contributed by atoms with Crippen molar-refractivity contribution in [3.8, 4) is 0 Å². The van der Waals surface area contributed by atoms with Gasteiger partial charge in [-0.2, -0.15) is 0 Å². The van der Waals surface area contributed by atoms with Gasteiger partial charge in [-0.3, -0.25) is 9.78 Å². The highest BCUT2D eigenvalue weighted by molar-refractivity contribution is 8.00. The molecule has 114 valence electrons. The zero-order chi connectivity index (χ0) is 15.4. The highest BCUT2D eigenvalue weighted by Crippen LogP contribution is 2.31. The number of rotatable bonds is 6. The molecule has 4 nitrogen and oxygen atoms in total. The quantitative estimate of drug-likeness (QED) is 0.769. The molecule has 0 spiro atoms. The van der Waals surface area contributed by atoms with E-state index in [4.69, 9.17) is 0 Å². The second-order valence-corrected chi connectivity index (χ2v) is 6.85. The number of hydrogen-bond acceptors (Lipinski definition) is 4. The van der Waals surface area contributed by atoms with Crippen molar-refractivity contribution in [2.24, 2.45) is 0 Å². The number of amides is 1. The summed E-state index contributed by atoms with van der Waals surface area (Å²) < 4.78 is 0. The van der Waals surface area contributed by atoms with Gasteiger partial charge in [0.2, 0.25) is 5.91 Å². The van der Waals surface area contributed by atoms with Crippen LogP contribution in [0, 0.1) is 0 Å². The SMILES string of the molecule is CC(Sc1ccccn1)C(=O)N(Cc1cccnc1)C1CC1. The molecule has 0 N–H and O–H groups in total. The number of hydrogen-bond donors (Lipinski definition) is 0. The van der Waals surface area contributed by atoms with Gasteiger partial charge in [-0.15, -0.1) is 0 Å². The van der Waals surface area contributed by atoms with Gasteiger partial charge < -0.3 is 4.90 Å². The lowest BCUT2D eigenvalue weighted by atomic mass is 10.2. The Balaban J connectivity index is 1.67. The summed E-state index contributed by atoms with van der Waals surface area (Å²) in [4.78, 5) is 23.2. The fourth-order valence-corrected chi connectivity index (χ4v) is 3.22. The number of pyridine rings is 2. The first kappa shape index (κ1) is 15.0. The first-order valence-electron chi connectivity index (χ1n) is 7.51. The summed E-state index contributed by atoms with van der Waals surface area (Å²) in [5.74, 6) is 0.182. The maximum atomic E-state index is 12.8. The second kappa shape index (κ2) is 6.92. The van der Waals surface area contributed by atoms with Crippen molar-refractivity contribution in [1.82, 2.24) is 14.9 Å². The molecule has 5 heteroatoms. The van der Waals surface area contributed by atoms with Crippen molar-refractivity contribution >= 4 is 17.7 Å². The van der Waals surface area contributed by atoms with Gasteiger partial charge in [-0.05, 0) is 43.5 Å². The number of aromatic nitrogens is 2. The average molecular weight is 313 g/mol. The molecule has 1 fully saturated rings. The Morgan fingerprint density at radius 1 is 1.32 bits per heavy atom. The molecule has 0 aliphatic heterocycles. The van der Waals surface area contributed by atoms with Crippen molar-refractivity contribution < 1.29 is 4.79 Å². The van der Waals surface area contributed by atoms with Gasteiger partial charge in [0, 0.05) is 31.2 Å². The van der Waals surface area contributed by atoms with E-state index in [0.717, 1.165) is 23.4 Å². The standard InChI is InChI=1S/C17H19N3OS/c1-13(22-16-6-2-3-10-19-16)17(21)20(15-7-8-15)12-14-5-4-9-18-11-14/h2-6,9-11,13,15H,7-8,12H2,1H3. The predicted molar refractivity (Wildman–Crippen MR) is 87.4 cm³/mol. The third kappa shape index (κ3) is 3.85. The summed E-state index contributed by atoms with van der Waals surface area (Å²) in [5, 5.41) is 0.757. The molecule has 0 aromatic carbocycles. The van der Waals surface area contributed by atoms with Crippen LogP contribution in [0.2, 0.25) is 0 Å². The minimum absolute atomic E-state index is 0.132. The van der Waals surface area contributed by atoms with Gasteiger partial charge in [0.1, 0.15) is 0 Å². The molecule has 1 aliphatic rings. The van der Waals surface area contributed by atoms with E-state index in [1.54, 1.807) is 12.4 Å². The summed E-state index contributed by atoms with van der Waals surface area (Å²) in [6.45, 7) is 2.60. The molecule has 3 rings (SSSR count). The minimum atomic E-state index is -0.132. The highest BCUT2D eigenvalue weighted by atomic mass is 32.2. The Hall–Kier alpha value is -1.88. The van der Waals surface area contributed by atoms with Gasteiger partial charge in [0.25, 0.3) is 0 Å². The molecule has 1 aliphatic carbocycles. The highest BCUT2D eigenvalue weighted by Gasteiger charge is 2.34. The lowest BCUT2D eigenvalue weighted by Gasteiger charge is -2.25. The fraction of sp³-hybridized carbons (Fsp3) is 0.353. The van der Waals surface area contributed by atoms with Gasteiger partial charge in [0.15, 0.2) is 0 Å². The van der Waals surface area contributed by atoms with E-state index in [0.29, 0.717) is 12.6 Å². The molecule has 22 heavy (non-hydrogen) atoms. The topological polar surface area (TPSA) is 46.1 Å². The van der Waals surface area contributed by atoms with Crippen LogP contribution in [0.5, 0.6) is 0 Å². The first-order valence-corrected chi connectivity index (χ1v) is 8.39. The van der Waals surface area contributed by atoms with Crippen molar-refractivity contribution in [2.75, 3.05) is 0 Å². The third-order valence-corrected chi connectivity index (χ3v) is 4.67.